The fourth-order valence-corrected chi connectivity index (χ4v) is 2.30. The number of carbonyl (C=O) groups is 1. The molecule has 1 aromatic carbocycles. The number of hydrogen-bond acceptors (Lipinski definition) is 2. The lowest BCUT2D eigenvalue weighted by Crippen LogP contribution is -2.32. The molecule has 20 heavy (non-hydrogen) atoms. The van der Waals surface area contributed by atoms with Crippen molar-refractivity contribution in [1.29, 1.82) is 0 Å². The number of amides is 1. The maximum Gasteiger partial charge on any atom is 0.270 e. The van der Waals surface area contributed by atoms with Crippen LogP contribution in [0.2, 0.25) is 0 Å². The molecule has 4 nitrogen and oxygen atoms in total. The van der Waals surface area contributed by atoms with E-state index in [1.807, 2.05) is 41.3 Å². The van der Waals surface area contributed by atoms with E-state index >= 15 is 0 Å². The standard InChI is InChI=1S/C16H18N2O2/c1-20-14-8-4-12(5-9-14)11-18(13-6-7-13)16(19)15-3-2-10-17-15/h2-5,8-10,13,17H,6-7,11H2,1H3. The molecule has 1 saturated carbocycles. The van der Waals surface area contributed by atoms with Gasteiger partial charge < -0.3 is 14.6 Å². The van der Waals surface area contributed by atoms with Crippen molar-refractivity contribution in [2.75, 3.05) is 7.11 Å². The highest BCUT2D eigenvalue weighted by Gasteiger charge is 2.33. The van der Waals surface area contributed by atoms with Crippen LogP contribution in [0, 0.1) is 0 Å². The molecule has 0 radical (unpaired) electrons. The van der Waals surface area contributed by atoms with Crippen LogP contribution in [-0.4, -0.2) is 28.9 Å². The van der Waals surface area contributed by atoms with Gasteiger partial charge in [-0.1, -0.05) is 12.1 Å². The van der Waals surface area contributed by atoms with Crippen LogP contribution in [0.15, 0.2) is 42.6 Å². The van der Waals surface area contributed by atoms with Crippen molar-refractivity contribution in [3.05, 3.63) is 53.9 Å². The molecule has 1 heterocycles. The minimum atomic E-state index is 0.0771. The van der Waals surface area contributed by atoms with E-state index in [2.05, 4.69) is 4.98 Å². The number of nitrogens with zero attached hydrogens (tertiary/aromatic N) is 1. The van der Waals surface area contributed by atoms with Crippen LogP contribution in [-0.2, 0) is 6.54 Å². The zero-order chi connectivity index (χ0) is 13.9. The van der Waals surface area contributed by atoms with E-state index in [0.717, 1.165) is 24.2 Å². The van der Waals surface area contributed by atoms with E-state index in [-0.39, 0.29) is 5.91 Å². The minimum Gasteiger partial charge on any atom is -0.497 e. The molecule has 0 spiro atoms. The average Bonchev–Trinajstić information content (AvgIpc) is 3.18. The molecule has 2 aromatic rings. The maximum atomic E-state index is 12.5. The predicted molar refractivity (Wildman–Crippen MR) is 76.7 cm³/mol. The van der Waals surface area contributed by atoms with E-state index in [4.69, 9.17) is 4.74 Å². The number of carbonyl (C=O) groups excluding carboxylic acids is 1. The highest BCUT2D eigenvalue weighted by molar-refractivity contribution is 5.92. The summed E-state index contributed by atoms with van der Waals surface area (Å²) in [5.41, 5.74) is 1.78. The lowest BCUT2D eigenvalue weighted by Gasteiger charge is -2.22. The highest BCUT2D eigenvalue weighted by atomic mass is 16.5. The lowest BCUT2D eigenvalue weighted by molar-refractivity contribution is 0.0724. The number of methoxy groups -OCH3 is 1. The molecule has 1 aliphatic rings. The molecule has 1 amide bonds. The lowest BCUT2D eigenvalue weighted by atomic mass is 10.2. The first-order valence-corrected chi connectivity index (χ1v) is 6.85. The molecule has 1 aromatic heterocycles. The summed E-state index contributed by atoms with van der Waals surface area (Å²) >= 11 is 0. The summed E-state index contributed by atoms with van der Waals surface area (Å²) in [4.78, 5) is 17.4. The average molecular weight is 270 g/mol. The van der Waals surface area contributed by atoms with Crippen molar-refractivity contribution in [2.24, 2.45) is 0 Å². The van der Waals surface area contributed by atoms with Crippen LogP contribution in [0.4, 0.5) is 0 Å². The van der Waals surface area contributed by atoms with Gasteiger partial charge in [-0.05, 0) is 42.7 Å². The van der Waals surface area contributed by atoms with Gasteiger partial charge in [0.2, 0.25) is 0 Å². The summed E-state index contributed by atoms with van der Waals surface area (Å²) in [5.74, 6) is 0.913. The van der Waals surface area contributed by atoms with Crippen LogP contribution < -0.4 is 4.74 Å². The molecule has 0 unspecified atom stereocenters. The van der Waals surface area contributed by atoms with Crippen LogP contribution in [0.1, 0.15) is 28.9 Å². The van der Waals surface area contributed by atoms with Gasteiger partial charge in [0.05, 0.1) is 7.11 Å². The van der Waals surface area contributed by atoms with Crippen molar-refractivity contribution in [3.8, 4) is 5.75 Å². The number of hydrogen-bond donors (Lipinski definition) is 1. The first-order chi connectivity index (χ1) is 9.78. The van der Waals surface area contributed by atoms with Crippen molar-refractivity contribution in [1.82, 2.24) is 9.88 Å². The molecule has 1 fully saturated rings. The summed E-state index contributed by atoms with van der Waals surface area (Å²) in [6, 6.07) is 11.9. The summed E-state index contributed by atoms with van der Waals surface area (Å²) in [7, 11) is 1.65. The molecule has 0 bridgehead atoms. The number of benzene rings is 1. The first-order valence-electron chi connectivity index (χ1n) is 6.85. The Balaban J connectivity index is 1.75. The number of aromatic amines is 1. The fraction of sp³-hybridized carbons (Fsp3) is 0.312. The van der Waals surface area contributed by atoms with Gasteiger partial charge in [0.15, 0.2) is 0 Å². The van der Waals surface area contributed by atoms with Crippen molar-refractivity contribution >= 4 is 5.91 Å². The molecule has 3 rings (SSSR count). The third kappa shape index (κ3) is 2.69. The van der Waals surface area contributed by atoms with Crippen LogP contribution in [0.3, 0.4) is 0 Å². The first kappa shape index (κ1) is 12.8. The Kier molecular flexibility index (Phi) is 3.46. The normalized spacial score (nSPS) is 14.1. The van der Waals surface area contributed by atoms with Gasteiger partial charge in [0.25, 0.3) is 5.91 Å². The fourth-order valence-electron chi connectivity index (χ4n) is 2.30. The van der Waals surface area contributed by atoms with Crippen molar-refractivity contribution in [3.63, 3.8) is 0 Å². The molecule has 0 saturated heterocycles. The molecule has 4 heteroatoms. The molecule has 0 atom stereocenters. The predicted octanol–water partition coefficient (Wildman–Crippen LogP) is 2.83. The third-order valence-electron chi connectivity index (χ3n) is 3.59. The molecule has 1 aliphatic carbocycles. The Morgan fingerprint density at radius 1 is 1.30 bits per heavy atom. The molecule has 104 valence electrons. The SMILES string of the molecule is COc1ccc(CN(C(=O)c2ccc[nH]2)C2CC2)cc1. The van der Waals surface area contributed by atoms with Crippen LogP contribution in [0.5, 0.6) is 5.75 Å². The number of rotatable bonds is 5. The minimum absolute atomic E-state index is 0.0771. The van der Waals surface area contributed by atoms with Gasteiger partial charge in [0.1, 0.15) is 11.4 Å². The van der Waals surface area contributed by atoms with Gasteiger partial charge in [-0.2, -0.15) is 0 Å². The maximum absolute atomic E-state index is 12.5. The third-order valence-corrected chi connectivity index (χ3v) is 3.59. The Labute approximate surface area is 118 Å². The largest absolute Gasteiger partial charge is 0.497 e. The Morgan fingerprint density at radius 2 is 2.05 bits per heavy atom. The number of ether oxygens (including phenoxy) is 1. The Bertz CT molecular complexity index is 571. The Morgan fingerprint density at radius 3 is 2.60 bits per heavy atom. The smallest absolute Gasteiger partial charge is 0.270 e. The molecular weight excluding hydrogens is 252 g/mol. The molecule has 0 aliphatic heterocycles. The van der Waals surface area contributed by atoms with E-state index in [1.165, 1.54) is 0 Å². The number of H-pyrrole nitrogens is 1. The number of nitrogens with one attached hydrogen (secondary N) is 1. The number of aromatic nitrogens is 1. The van der Waals surface area contributed by atoms with Crippen molar-refractivity contribution in [2.45, 2.75) is 25.4 Å². The van der Waals surface area contributed by atoms with E-state index in [0.29, 0.717) is 18.3 Å². The van der Waals surface area contributed by atoms with E-state index in [1.54, 1.807) is 13.3 Å². The van der Waals surface area contributed by atoms with Crippen LogP contribution >= 0.6 is 0 Å². The van der Waals surface area contributed by atoms with E-state index in [9.17, 15) is 4.79 Å². The zero-order valence-corrected chi connectivity index (χ0v) is 11.5. The van der Waals surface area contributed by atoms with Gasteiger partial charge >= 0.3 is 0 Å². The molecular formula is C16H18N2O2. The van der Waals surface area contributed by atoms with Crippen molar-refractivity contribution < 1.29 is 9.53 Å². The summed E-state index contributed by atoms with van der Waals surface area (Å²) in [6.07, 6.45) is 3.98. The second kappa shape index (κ2) is 5.41. The second-order valence-corrected chi connectivity index (χ2v) is 5.10. The monoisotopic (exact) mass is 270 g/mol. The quantitative estimate of drug-likeness (QED) is 0.908. The van der Waals surface area contributed by atoms with Gasteiger partial charge in [-0.3, -0.25) is 4.79 Å². The highest BCUT2D eigenvalue weighted by Crippen LogP contribution is 2.29. The van der Waals surface area contributed by atoms with Gasteiger partial charge in [-0.25, -0.2) is 0 Å². The summed E-state index contributed by atoms with van der Waals surface area (Å²) in [5, 5.41) is 0. The summed E-state index contributed by atoms with van der Waals surface area (Å²) < 4.78 is 5.15. The summed E-state index contributed by atoms with van der Waals surface area (Å²) in [6.45, 7) is 0.645. The zero-order valence-electron chi connectivity index (χ0n) is 11.5. The van der Waals surface area contributed by atoms with Gasteiger partial charge in [0, 0.05) is 18.8 Å². The van der Waals surface area contributed by atoms with Gasteiger partial charge in [-0.15, -0.1) is 0 Å². The second-order valence-electron chi connectivity index (χ2n) is 5.10. The Hall–Kier alpha value is -2.23. The topological polar surface area (TPSA) is 45.3 Å². The molecule has 1 N–H and O–H groups in total. The van der Waals surface area contributed by atoms with Crippen LogP contribution in [0.25, 0.3) is 0 Å². The van der Waals surface area contributed by atoms with E-state index < -0.39 is 0 Å².